The molecule has 3 aromatic heterocycles. The number of ether oxygens (including phenoxy) is 1. The summed E-state index contributed by atoms with van der Waals surface area (Å²) in [5, 5.41) is 13.7. The summed E-state index contributed by atoms with van der Waals surface area (Å²) in [7, 11) is 3.23. The van der Waals surface area contributed by atoms with E-state index in [1.807, 2.05) is 19.9 Å². The fraction of sp³-hybridized carbons (Fsp3) is 0.444. The number of nitrogens with one attached hydrogen (secondary N) is 1. The maximum absolute atomic E-state index is 14.7. The highest BCUT2D eigenvalue weighted by Crippen LogP contribution is 2.31. The smallest absolute Gasteiger partial charge is 0.272 e. The molecule has 0 aromatic carbocycles. The van der Waals surface area contributed by atoms with Crippen LogP contribution in [0, 0.1) is 5.82 Å². The van der Waals surface area contributed by atoms with Gasteiger partial charge in [0.15, 0.2) is 0 Å². The van der Waals surface area contributed by atoms with Crippen molar-refractivity contribution in [1.29, 1.82) is 0 Å². The number of β-amino-alcohol motifs (C(OH)–C–C–N with tert-alkyl or cyclic N) is 1. The summed E-state index contributed by atoms with van der Waals surface area (Å²) in [6, 6.07) is 6.81. The molecule has 2 amide bonds. The number of pyridine rings is 3. The number of amides is 2. The van der Waals surface area contributed by atoms with Gasteiger partial charge in [-0.05, 0) is 31.0 Å². The average Bonchev–Trinajstić information content (AvgIpc) is 2.96. The number of nitrogens with zero attached hydrogens (tertiary/aromatic N) is 5. The number of carbonyl (C=O) groups is 2. The van der Waals surface area contributed by atoms with Gasteiger partial charge in [0.2, 0.25) is 11.8 Å². The highest BCUT2D eigenvalue weighted by Gasteiger charge is 2.29. The Morgan fingerprint density at radius 1 is 1.26 bits per heavy atom. The molecule has 1 unspecified atom stereocenters. The molecular weight excluding hydrogens is 523 g/mol. The lowest BCUT2D eigenvalue weighted by atomic mass is 10.0. The standard InChI is InChI=1S/C25H27FN6O4S.C2H6/c1-31(25(35)17-3-5-19-24(28-17)29-20(34)13-37-19)14-7-9-32(10-8-14)12-18(33)22-15(26)11-27-16-4-6-21(36-2)30-23(16)22;1-2/h3-6,11,14,18,33H,7-10,12-13H2,1-2H3,(H,28,29,34);1-2H3. The zero-order valence-electron chi connectivity index (χ0n) is 22.5. The quantitative estimate of drug-likeness (QED) is 0.470. The van der Waals surface area contributed by atoms with Crippen molar-refractivity contribution in [2.75, 3.05) is 44.9 Å². The van der Waals surface area contributed by atoms with Crippen LogP contribution in [0.5, 0.6) is 5.88 Å². The van der Waals surface area contributed by atoms with Crippen LogP contribution in [0.1, 0.15) is 48.8 Å². The third kappa shape index (κ3) is 6.29. The maximum atomic E-state index is 14.7. The molecule has 0 bridgehead atoms. The summed E-state index contributed by atoms with van der Waals surface area (Å²) < 4.78 is 19.9. The number of methoxy groups -OCH3 is 1. The molecule has 0 radical (unpaired) electrons. The summed E-state index contributed by atoms with van der Waals surface area (Å²) in [5.41, 5.74) is 1.13. The first-order valence-corrected chi connectivity index (χ1v) is 13.9. The molecule has 3 aromatic rings. The van der Waals surface area contributed by atoms with Crippen molar-refractivity contribution in [3.8, 4) is 5.88 Å². The van der Waals surface area contributed by atoms with Crippen LogP contribution in [0.25, 0.3) is 11.0 Å². The van der Waals surface area contributed by atoms with Crippen molar-refractivity contribution in [1.82, 2.24) is 24.8 Å². The van der Waals surface area contributed by atoms with Gasteiger partial charge in [0, 0.05) is 44.4 Å². The Kier molecular flexibility index (Phi) is 9.31. The second kappa shape index (κ2) is 12.7. The molecule has 10 nitrogen and oxygen atoms in total. The number of anilines is 1. The van der Waals surface area contributed by atoms with Crippen LogP contribution in [0.3, 0.4) is 0 Å². The van der Waals surface area contributed by atoms with Crippen molar-refractivity contribution >= 4 is 40.4 Å². The Hall–Kier alpha value is -3.35. The van der Waals surface area contributed by atoms with E-state index in [-0.39, 0.29) is 41.2 Å². The van der Waals surface area contributed by atoms with E-state index in [4.69, 9.17) is 4.74 Å². The molecular formula is C27H33FN6O4S. The van der Waals surface area contributed by atoms with Crippen LogP contribution in [0.15, 0.2) is 35.4 Å². The SMILES string of the molecule is CC.COc1ccc2ncc(F)c(C(O)CN3CCC(N(C)C(=O)c4ccc5c(n4)NC(=O)CS5)CC3)c2n1. The largest absolute Gasteiger partial charge is 0.481 e. The van der Waals surface area contributed by atoms with Crippen LogP contribution in [0.2, 0.25) is 0 Å². The molecule has 208 valence electrons. The fourth-order valence-corrected chi connectivity index (χ4v) is 5.49. The molecule has 0 saturated carbocycles. The number of rotatable bonds is 6. The van der Waals surface area contributed by atoms with E-state index in [2.05, 4.69) is 25.2 Å². The number of thioether (sulfide) groups is 1. The number of aromatic nitrogens is 3. The zero-order valence-corrected chi connectivity index (χ0v) is 23.3. The van der Waals surface area contributed by atoms with Crippen LogP contribution >= 0.6 is 11.8 Å². The summed E-state index contributed by atoms with van der Waals surface area (Å²) in [6.45, 7) is 5.49. The molecule has 39 heavy (non-hydrogen) atoms. The van der Waals surface area contributed by atoms with Crippen LogP contribution in [0.4, 0.5) is 10.2 Å². The molecule has 1 saturated heterocycles. The van der Waals surface area contributed by atoms with Gasteiger partial charge < -0.3 is 25.0 Å². The van der Waals surface area contributed by atoms with Gasteiger partial charge >= 0.3 is 0 Å². The van der Waals surface area contributed by atoms with Crippen molar-refractivity contribution < 1.29 is 23.8 Å². The lowest BCUT2D eigenvalue weighted by molar-refractivity contribution is -0.113. The highest BCUT2D eigenvalue weighted by molar-refractivity contribution is 8.00. The third-order valence-corrected chi connectivity index (χ3v) is 7.82. The van der Waals surface area contributed by atoms with Gasteiger partial charge in [-0.1, -0.05) is 13.8 Å². The molecule has 5 rings (SSSR count). The molecule has 1 fully saturated rings. The number of likely N-dealkylation sites (tertiary alicyclic amines) is 1. The number of fused-ring (bicyclic) bond motifs is 2. The first-order valence-electron chi connectivity index (χ1n) is 12.9. The topological polar surface area (TPSA) is 121 Å². The molecule has 1 atom stereocenters. The van der Waals surface area contributed by atoms with E-state index in [0.29, 0.717) is 48.9 Å². The Morgan fingerprint density at radius 3 is 2.72 bits per heavy atom. The monoisotopic (exact) mass is 556 g/mol. The summed E-state index contributed by atoms with van der Waals surface area (Å²) in [4.78, 5) is 42.1. The van der Waals surface area contributed by atoms with Gasteiger partial charge in [-0.25, -0.2) is 14.4 Å². The molecule has 0 aliphatic carbocycles. The van der Waals surface area contributed by atoms with Crippen molar-refractivity contribution in [3.63, 3.8) is 0 Å². The van der Waals surface area contributed by atoms with Crippen LogP contribution in [-0.2, 0) is 4.79 Å². The van der Waals surface area contributed by atoms with E-state index in [1.165, 1.54) is 18.9 Å². The van der Waals surface area contributed by atoms with E-state index < -0.39 is 11.9 Å². The molecule has 0 spiro atoms. The average molecular weight is 557 g/mol. The van der Waals surface area contributed by atoms with Crippen LogP contribution in [-0.4, -0.2) is 87.3 Å². The number of piperidine rings is 1. The van der Waals surface area contributed by atoms with Crippen molar-refractivity contribution in [2.45, 2.75) is 43.7 Å². The van der Waals surface area contributed by atoms with Gasteiger partial charge in [-0.2, -0.15) is 0 Å². The summed E-state index contributed by atoms with van der Waals surface area (Å²) in [6.07, 6.45) is 1.38. The molecule has 2 aliphatic heterocycles. The summed E-state index contributed by atoms with van der Waals surface area (Å²) in [5.74, 6) is 0.115. The first kappa shape index (κ1) is 28.7. The number of hydrogen-bond donors (Lipinski definition) is 2. The third-order valence-electron chi connectivity index (χ3n) is 6.77. The van der Waals surface area contributed by atoms with Crippen molar-refractivity contribution in [2.24, 2.45) is 0 Å². The Balaban J connectivity index is 0.00000172. The van der Waals surface area contributed by atoms with Gasteiger partial charge in [-0.3, -0.25) is 14.6 Å². The Bertz CT molecular complexity index is 1350. The van der Waals surface area contributed by atoms with Gasteiger partial charge in [0.05, 0.1) is 35.6 Å². The number of carbonyl (C=O) groups excluding carboxylic acids is 2. The lowest BCUT2D eigenvalue weighted by Gasteiger charge is -2.37. The van der Waals surface area contributed by atoms with Crippen LogP contribution < -0.4 is 10.1 Å². The second-order valence-electron chi connectivity index (χ2n) is 9.08. The van der Waals surface area contributed by atoms with Crippen molar-refractivity contribution in [3.05, 3.63) is 47.5 Å². The first-order chi connectivity index (χ1) is 18.8. The highest BCUT2D eigenvalue weighted by atomic mass is 32.2. The molecule has 2 N–H and O–H groups in total. The normalized spacial score (nSPS) is 16.5. The predicted molar refractivity (Wildman–Crippen MR) is 148 cm³/mol. The molecule has 12 heteroatoms. The van der Waals surface area contributed by atoms with E-state index in [9.17, 15) is 19.1 Å². The Morgan fingerprint density at radius 2 is 2.00 bits per heavy atom. The van der Waals surface area contributed by atoms with E-state index >= 15 is 0 Å². The second-order valence-corrected chi connectivity index (χ2v) is 10.1. The van der Waals surface area contributed by atoms with E-state index in [0.717, 1.165) is 11.1 Å². The van der Waals surface area contributed by atoms with Gasteiger partial charge in [-0.15, -0.1) is 11.8 Å². The zero-order chi connectivity index (χ0) is 28.1. The van der Waals surface area contributed by atoms with Gasteiger partial charge in [0.25, 0.3) is 5.91 Å². The lowest BCUT2D eigenvalue weighted by Crippen LogP contribution is -2.46. The number of aliphatic hydroxyl groups excluding tert-OH is 1. The minimum Gasteiger partial charge on any atom is -0.481 e. The fourth-order valence-electron chi connectivity index (χ4n) is 4.73. The molecule has 2 aliphatic rings. The van der Waals surface area contributed by atoms with E-state index in [1.54, 1.807) is 30.1 Å². The Labute approximate surface area is 231 Å². The minimum absolute atomic E-state index is 0.00730. The number of halogens is 1. The maximum Gasteiger partial charge on any atom is 0.272 e. The predicted octanol–water partition coefficient (Wildman–Crippen LogP) is 3.51. The number of hydrogen-bond acceptors (Lipinski definition) is 9. The molecule has 5 heterocycles. The summed E-state index contributed by atoms with van der Waals surface area (Å²) >= 11 is 1.40. The minimum atomic E-state index is -1.10. The van der Waals surface area contributed by atoms with Gasteiger partial charge in [0.1, 0.15) is 22.8 Å². The number of aliphatic hydroxyl groups is 1.